The zero-order valence-corrected chi connectivity index (χ0v) is 21.7. The van der Waals surface area contributed by atoms with E-state index in [1.54, 1.807) is 15.5 Å². The fourth-order valence-electron chi connectivity index (χ4n) is 4.19. The summed E-state index contributed by atoms with van der Waals surface area (Å²) in [4.78, 5) is 19.2. The Labute approximate surface area is 217 Å². The summed E-state index contributed by atoms with van der Waals surface area (Å²) in [5.41, 5.74) is 2.46. The van der Waals surface area contributed by atoms with Gasteiger partial charge in [0.2, 0.25) is 20.9 Å². The van der Waals surface area contributed by atoms with Crippen LogP contribution in [0.2, 0.25) is 0 Å². The van der Waals surface area contributed by atoms with Crippen LogP contribution in [-0.2, 0) is 39.9 Å². The Kier molecular flexibility index (Phi) is 8.18. The molecule has 3 aromatic carbocycles. The van der Waals surface area contributed by atoms with E-state index in [2.05, 4.69) is 4.98 Å². The minimum Gasteiger partial charge on any atom is -0.334 e. The summed E-state index contributed by atoms with van der Waals surface area (Å²) in [5, 5.41) is -0.145. The van der Waals surface area contributed by atoms with E-state index in [9.17, 15) is 17.6 Å². The maximum atomic E-state index is 14.3. The molecule has 8 heteroatoms. The summed E-state index contributed by atoms with van der Waals surface area (Å²) in [6, 6.07) is 24.7. The van der Waals surface area contributed by atoms with Crippen LogP contribution in [-0.4, -0.2) is 34.8 Å². The smallest absolute Gasteiger partial charge is 0.228 e. The molecule has 4 aromatic rings. The first-order valence-electron chi connectivity index (χ1n) is 12.1. The highest BCUT2D eigenvalue weighted by Gasteiger charge is 2.27. The van der Waals surface area contributed by atoms with Crippen molar-refractivity contribution in [2.45, 2.75) is 50.3 Å². The quantitative estimate of drug-likeness (QED) is 0.295. The maximum absolute atomic E-state index is 14.3. The average molecular weight is 520 g/mol. The van der Waals surface area contributed by atoms with Crippen LogP contribution in [0.3, 0.4) is 0 Å². The summed E-state index contributed by atoms with van der Waals surface area (Å²) in [6.07, 6.45) is 1.74. The van der Waals surface area contributed by atoms with E-state index in [0.717, 1.165) is 11.1 Å². The summed E-state index contributed by atoms with van der Waals surface area (Å²) in [6.45, 7) is 4.30. The number of rotatable bonds is 10. The molecule has 0 aliphatic heterocycles. The molecule has 1 heterocycles. The molecule has 0 radical (unpaired) electrons. The van der Waals surface area contributed by atoms with Crippen molar-refractivity contribution in [3.8, 4) is 0 Å². The Morgan fingerprint density at radius 1 is 0.919 bits per heavy atom. The lowest BCUT2D eigenvalue weighted by Gasteiger charge is -2.27. The van der Waals surface area contributed by atoms with Crippen molar-refractivity contribution in [1.82, 2.24) is 14.5 Å². The Morgan fingerprint density at radius 3 is 2.14 bits per heavy atom. The van der Waals surface area contributed by atoms with Crippen LogP contribution in [0.15, 0.2) is 96.3 Å². The van der Waals surface area contributed by atoms with Crippen molar-refractivity contribution < 1.29 is 17.6 Å². The average Bonchev–Trinajstić information content (AvgIpc) is 3.28. The molecule has 0 N–H and O–H groups in total. The van der Waals surface area contributed by atoms with E-state index < -0.39 is 21.4 Å². The molecule has 1 amide bonds. The van der Waals surface area contributed by atoms with Gasteiger partial charge in [0.25, 0.3) is 0 Å². The van der Waals surface area contributed by atoms with E-state index in [0.29, 0.717) is 5.69 Å². The lowest BCUT2D eigenvalue weighted by atomic mass is 10.1. The van der Waals surface area contributed by atoms with Crippen LogP contribution in [0.25, 0.3) is 0 Å². The number of sulfone groups is 1. The maximum Gasteiger partial charge on any atom is 0.228 e. The zero-order chi connectivity index (χ0) is 26.4. The zero-order valence-electron chi connectivity index (χ0n) is 20.9. The van der Waals surface area contributed by atoms with Gasteiger partial charge < -0.3 is 9.47 Å². The molecule has 1 aromatic heterocycles. The first kappa shape index (κ1) is 26.3. The third kappa shape index (κ3) is 6.51. The van der Waals surface area contributed by atoms with Gasteiger partial charge in [0, 0.05) is 11.6 Å². The van der Waals surface area contributed by atoms with E-state index in [-0.39, 0.29) is 42.2 Å². The van der Waals surface area contributed by atoms with E-state index in [4.69, 9.17) is 0 Å². The number of hydrogen-bond donors (Lipinski definition) is 0. The second kappa shape index (κ2) is 11.5. The van der Waals surface area contributed by atoms with Gasteiger partial charge in [-0.1, -0.05) is 78.9 Å². The lowest BCUT2D eigenvalue weighted by Crippen LogP contribution is -2.38. The number of amides is 1. The first-order valence-corrected chi connectivity index (χ1v) is 13.8. The number of carbonyl (C=O) groups is 1. The first-order chi connectivity index (χ1) is 17.7. The molecule has 0 saturated heterocycles. The monoisotopic (exact) mass is 519 g/mol. The molecule has 0 unspecified atom stereocenters. The van der Waals surface area contributed by atoms with Crippen molar-refractivity contribution in [3.05, 3.63) is 119 Å². The molecule has 0 bridgehead atoms. The van der Waals surface area contributed by atoms with Crippen molar-refractivity contribution in [2.75, 3.05) is 0 Å². The number of carbonyl (C=O) groups excluding carboxylic acids is 1. The van der Waals surface area contributed by atoms with Gasteiger partial charge in [-0.05, 0) is 31.0 Å². The molecule has 0 spiro atoms. The predicted octanol–water partition coefficient (Wildman–Crippen LogP) is 5.02. The Balaban J connectivity index is 1.69. The number of benzene rings is 3. The molecule has 0 saturated carbocycles. The van der Waals surface area contributed by atoms with Crippen molar-refractivity contribution in [3.63, 3.8) is 0 Å². The van der Waals surface area contributed by atoms with Crippen LogP contribution < -0.4 is 0 Å². The van der Waals surface area contributed by atoms with Gasteiger partial charge in [-0.2, -0.15) is 0 Å². The van der Waals surface area contributed by atoms with Crippen LogP contribution >= 0.6 is 0 Å². The SMILES string of the molecule is CC(C)N(Cc1cnc(S(=O)(=O)Cc2ccccc2F)n1Cc1ccccc1)C(=O)Cc1ccccc1. The topological polar surface area (TPSA) is 72.3 Å². The highest BCUT2D eigenvalue weighted by molar-refractivity contribution is 7.90. The Hall–Kier alpha value is -3.78. The molecule has 192 valence electrons. The second-order valence-corrected chi connectivity index (χ2v) is 11.1. The summed E-state index contributed by atoms with van der Waals surface area (Å²) >= 11 is 0. The molecular formula is C29H30FN3O3S. The fourth-order valence-corrected chi connectivity index (χ4v) is 5.70. The predicted molar refractivity (Wildman–Crippen MR) is 141 cm³/mol. The molecular weight excluding hydrogens is 489 g/mol. The lowest BCUT2D eigenvalue weighted by molar-refractivity contribution is -0.132. The van der Waals surface area contributed by atoms with Gasteiger partial charge in [0.15, 0.2) is 0 Å². The molecule has 0 fully saturated rings. The number of aromatic nitrogens is 2. The van der Waals surface area contributed by atoms with Gasteiger partial charge >= 0.3 is 0 Å². The van der Waals surface area contributed by atoms with E-state index >= 15 is 0 Å². The Bertz CT molecular complexity index is 1450. The summed E-state index contributed by atoms with van der Waals surface area (Å²) in [7, 11) is -3.98. The van der Waals surface area contributed by atoms with Crippen LogP contribution in [0, 0.1) is 5.82 Å². The minimum absolute atomic E-state index is 0.0653. The molecule has 0 aliphatic rings. The number of halogens is 1. The van der Waals surface area contributed by atoms with Crippen molar-refractivity contribution in [1.29, 1.82) is 0 Å². The van der Waals surface area contributed by atoms with Gasteiger partial charge in [-0.15, -0.1) is 0 Å². The van der Waals surface area contributed by atoms with Gasteiger partial charge in [-0.3, -0.25) is 4.79 Å². The number of imidazole rings is 1. The van der Waals surface area contributed by atoms with Gasteiger partial charge in [0.05, 0.1) is 37.2 Å². The number of hydrogen-bond acceptors (Lipinski definition) is 4. The highest BCUT2D eigenvalue weighted by Crippen LogP contribution is 2.22. The second-order valence-electron chi connectivity index (χ2n) is 9.23. The van der Waals surface area contributed by atoms with Crippen molar-refractivity contribution >= 4 is 15.7 Å². The van der Waals surface area contributed by atoms with E-state index in [1.807, 2.05) is 74.5 Å². The van der Waals surface area contributed by atoms with Crippen LogP contribution in [0.1, 0.15) is 36.2 Å². The number of nitrogens with zero attached hydrogens (tertiary/aromatic N) is 3. The van der Waals surface area contributed by atoms with Gasteiger partial charge in [-0.25, -0.2) is 17.8 Å². The van der Waals surface area contributed by atoms with Crippen LogP contribution in [0.5, 0.6) is 0 Å². The van der Waals surface area contributed by atoms with Gasteiger partial charge in [0.1, 0.15) is 5.82 Å². The van der Waals surface area contributed by atoms with Crippen molar-refractivity contribution in [2.24, 2.45) is 0 Å². The molecule has 0 atom stereocenters. The van der Waals surface area contributed by atoms with E-state index in [1.165, 1.54) is 24.4 Å². The summed E-state index contributed by atoms with van der Waals surface area (Å²) < 4.78 is 42.8. The fraction of sp³-hybridized carbons (Fsp3) is 0.241. The molecule has 4 rings (SSSR count). The third-order valence-electron chi connectivity index (χ3n) is 6.14. The standard InChI is InChI=1S/C29H30FN3O3S/c1-22(2)32(28(34)17-23-11-5-3-6-12-23)20-26-18-31-29(33(26)19-24-13-7-4-8-14-24)37(35,36)21-25-15-9-10-16-27(25)30/h3-16,18,22H,17,19-21H2,1-2H3. The van der Waals surface area contributed by atoms with Crippen LogP contribution in [0.4, 0.5) is 4.39 Å². The minimum atomic E-state index is -3.98. The largest absolute Gasteiger partial charge is 0.334 e. The highest BCUT2D eigenvalue weighted by atomic mass is 32.2. The Morgan fingerprint density at radius 2 is 1.51 bits per heavy atom. The third-order valence-corrected chi connectivity index (χ3v) is 7.71. The normalized spacial score (nSPS) is 11.6. The molecule has 0 aliphatic carbocycles. The summed E-state index contributed by atoms with van der Waals surface area (Å²) in [5.74, 6) is -1.15. The molecule has 6 nitrogen and oxygen atoms in total. The molecule has 37 heavy (non-hydrogen) atoms.